The van der Waals surface area contributed by atoms with Gasteiger partial charge in [0.05, 0.1) is 23.3 Å². The lowest BCUT2D eigenvalue weighted by Gasteiger charge is -2.14. The van der Waals surface area contributed by atoms with Gasteiger partial charge in [-0.1, -0.05) is 27.2 Å². The van der Waals surface area contributed by atoms with E-state index in [0.717, 1.165) is 36.9 Å². The van der Waals surface area contributed by atoms with Crippen LogP contribution in [0.1, 0.15) is 33.6 Å². The van der Waals surface area contributed by atoms with Crippen molar-refractivity contribution in [2.24, 2.45) is 5.92 Å². The lowest BCUT2D eigenvalue weighted by Crippen LogP contribution is -2.32. The molecule has 20 heavy (non-hydrogen) atoms. The van der Waals surface area contributed by atoms with Crippen LogP contribution in [0.2, 0.25) is 0 Å². The second kappa shape index (κ2) is 10.6. The minimum Gasteiger partial charge on any atom is -0.748 e. The highest BCUT2D eigenvalue weighted by molar-refractivity contribution is 7.97. The van der Waals surface area contributed by atoms with Crippen molar-refractivity contribution in [1.82, 2.24) is 0 Å². The third-order valence-corrected chi connectivity index (χ3v) is 5.74. The summed E-state index contributed by atoms with van der Waals surface area (Å²) in [6, 6.07) is 0. The highest BCUT2D eigenvalue weighted by Gasteiger charge is 2.26. The van der Waals surface area contributed by atoms with Gasteiger partial charge in [0.15, 0.2) is 11.5 Å². The Bertz CT molecular complexity index is 359. The van der Waals surface area contributed by atoms with Crippen LogP contribution in [0, 0.1) is 5.92 Å². The fraction of sp³-hybridized carbons (Fsp3) is 0.923. The highest BCUT2D eigenvalue weighted by atomic mass is 32.2. The van der Waals surface area contributed by atoms with Gasteiger partial charge in [0.2, 0.25) is 0 Å². The summed E-state index contributed by atoms with van der Waals surface area (Å²) in [6.07, 6.45) is 1.23. The molecule has 0 spiro atoms. The minimum absolute atomic E-state index is 0.209. The third-order valence-electron chi connectivity index (χ3n) is 2.77. The molecule has 5 nitrogen and oxygen atoms in total. The average Bonchev–Trinajstić information content (AvgIpc) is 2.37. The molecule has 0 amide bonds. The molecule has 0 N–H and O–H groups in total. The normalized spacial score (nSPS) is 16.6. The zero-order valence-corrected chi connectivity index (χ0v) is 14.2. The molecule has 0 unspecified atom stereocenters. The van der Waals surface area contributed by atoms with Crippen molar-refractivity contribution in [1.29, 1.82) is 0 Å². The lowest BCUT2D eigenvalue weighted by atomic mass is 10.1. The minimum atomic E-state index is -3.94. The summed E-state index contributed by atoms with van der Waals surface area (Å²) >= 11 is 0. The summed E-state index contributed by atoms with van der Waals surface area (Å²) in [5.41, 5.74) is 0. The fourth-order valence-electron chi connectivity index (χ4n) is 1.39. The summed E-state index contributed by atoms with van der Waals surface area (Å²) in [6.45, 7) is 7.51. The Morgan fingerprint density at radius 3 is 2.20 bits per heavy atom. The molecule has 120 valence electrons. The first-order valence-electron chi connectivity index (χ1n) is 6.94. The summed E-state index contributed by atoms with van der Waals surface area (Å²) in [5, 5.41) is 0. The maximum atomic E-state index is 11.4. The van der Waals surface area contributed by atoms with E-state index in [4.69, 9.17) is 4.74 Å². The van der Waals surface area contributed by atoms with Crippen molar-refractivity contribution in [2.75, 3.05) is 36.2 Å². The van der Waals surface area contributed by atoms with Crippen LogP contribution in [0.3, 0.4) is 0 Å². The van der Waals surface area contributed by atoms with E-state index in [1.165, 1.54) is 0 Å². The maximum absolute atomic E-state index is 11.4. The van der Waals surface area contributed by atoms with Crippen molar-refractivity contribution in [3.05, 3.63) is 0 Å². The van der Waals surface area contributed by atoms with E-state index in [2.05, 4.69) is 0 Å². The van der Waals surface area contributed by atoms with Gasteiger partial charge in [-0.25, -0.2) is 8.42 Å². The van der Waals surface area contributed by atoms with E-state index in [1.54, 1.807) is 0 Å². The molecule has 7 heteroatoms. The summed E-state index contributed by atoms with van der Waals surface area (Å²) in [4.78, 5) is 11.4. The van der Waals surface area contributed by atoms with E-state index in [9.17, 15) is 17.8 Å². The van der Waals surface area contributed by atoms with Crippen LogP contribution in [0.5, 0.6) is 0 Å². The van der Waals surface area contributed by atoms with Gasteiger partial charge in [-0.05, 0) is 17.3 Å². The van der Waals surface area contributed by atoms with Gasteiger partial charge in [-0.15, -0.1) is 0 Å². The zero-order chi connectivity index (χ0) is 15.6. The first-order chi connectivity index (χ1) is 9.26. The lowest BCUT2D eigenvalue weighted by molar-refractivity contribution is -0.119. The van der Waals surface area contributed by atoms with Crippen LogP contribution in [-0.4, -0.2) is 55.0 Å². The van der Waals surface area contributed by atoms with Gasteiger partial charge >= 0.3 is 0 Å². The van der Waals surface area contributed by atoms with Gasteiger partial charge in [-0.2, -0.15) is 0 Å². The van der Waals surface area contributed by atoms with Crippen molar-refractivity contribution in [3.63, 3.8) is 0 Å². The molecule has 0 saturated carbocycles. The number of carbonyl (C=O) groups excluding carboxylic acids is 1. The predicted octanol–water partition coefficient (Wildman–Crippen LogP) is 1.19. The molecule has 0 aromatic rings. The number of ketones is 1. The predicted molar refractivity (Wildman–Crippen MR) is 82.1 cm³/mol. The highest BCUT2D eigenvalue weighted by Crippen LogP contribution is 2.07. The molecule has 1 aliphatic heterocycles. The van der Waals surface area contributed by atoms with Crippen molar-refractivity contribution in [2.45, 2.75) is 33.6 Å². The Labute approximate surface area is 125 Å². The van der Waals surface area contributed by atoms with Crippen LogP contribution in [0.25, 0.3) is 0 Å². The van der Waals surface area contributed by atoms with Gasteiger partial charge in [0, 0.05) is 11.7 Å². The van der Waals surface area contributed by atoms with Gasteiger partial charge in [0.25, 0.3) is 0 Å². The van der Waals surface area contributed by atoms with E-state index >= 15 is 0 Å². The molecular formula is C13H26O5S2. The van der Waals surface area contributed by atoms with Crippen molar-refractivity contribution >= 4 is 26.8 Å². The number of hydrogen-bond donors (Lipinski definition) is 0. The van der Waals surface area contributed by atoms with Crippen LogP contribution in [-0.2, 0) is 30.5 Å². The Balaban J connectivity index is 0.000000396. The zero-order valence-electron chi connectivity index (χ0n) is 12.6. The Hall–Kier alpha value is -0.110. The molecule has 1 saturated heterocycles. The molecule has 0 atom stereocenters. The van der Waals surface area contributed by atoms with Gasteiger partial charge < -0.3 is 9.29 Å². The topological polar surface area (TPSA) is 83.5 Å². The van der Waals surface area contributed by atoms with E-state index in [-0.39, 0.29) is 11.7 Å². The summed E-state index contributed by atoms with van der Waals surface area (Å²) in [7, 11) is -3.61. The molecular weight excluding hydrogens is 300 g/mol. The number of rotatable bonds is 6. The number of ether oxygens (including phenoxy) is 1. The molecule has 1 aliphatic rings. The standard InChI is InChI=1S/C9H17O2S.C4H10O3S/c1-8(2)9(10)7-12-5-3-11-4-6-12;1-2-3-4-8(5,6)7/h8H,3-7H2,1-2H3;2-4H2,1H3,(H,5,6,7)/q+1;/p-1. The molecule has 0 aromatic heterocycles. The number of carbonyl (C=O) groups is 1. The fourth-order valence-corrected chi connectivity index (χ4v) is 3.97. The van der Waals surface area contributed by atoms with Crippen LogP contribution in [0.4, 0.5) is 0 Å². The SMILES string of the molecule is CC(C)C(=O)C[S+]1CCOCC1.CCCCS(=O)(=O)[O-]. The summed E-state index contributed by atoms with van der Waals surface area (Å²) < 4.78 is 34.7. The van der Waals surface area contributed by atoms with E-state index in [0.29, 0.717) is 23.1 Å². The molecule has 1 fully saturated rings. The van der Waals surface area contributed by atoms with E-state index in [1.807, 2.05) is 20.8 Å². The maximum Gasteiger partial charge on any atom is 0.184 e. The molecule has 1 rings (SSSR count). The van der Waals surface area contributed by atoms with Crippen LogP contribution < -0.4 is 0 Å². The second-order valence-corrected chi connectivity index (χ2v) is 8.87. The molecule has 0 aliphatic carbocycles. The smallest absolute Gasteiger partial charge is 0.184 e. The Kier molecular flexibility index (Phi) is 10.5. The molecule has 0 radical (unpaired) electrons. The second-order valence-electron chi connectivity index (χ2n) is 5.01. The molecule has 0 bridgehead atoms. The first kappa shape index (κ1) is 19.9. The Morgan fingerprint density at radius 2 is 1.85 bits per heavy atom. The number of hydrogen-bond acceptors (Lipinski definition) is 5. The average molecular weight is 326 g/mol. The van der Waals surface area contributed by atoms with Gasteiger partial charge in [0.1, 0.15) is 11.5 Å². The van der Waals surface area contributed by atoms with Crippen molar-refractivity contribution in [3.8, 4) is 0 Å². The van der Waals surface area contributed by atoms with Crippen LogP contribution >= 0.6 is 0 Å². The first-order valence-corrected chi connectivity index (χ1v) is 10.2. The number of unbranched alkanes of at least 4 members (excludes halogenated alkanes) is 1. The van der Waals surface area contributed by atoms with Crippen molar-refractivity contribution < 1.29 is 22.5 Å². The third kappa shape index (κ3) is 11.7. The largest absolute Gasteiger partial charge is 0.748 e. The quantitative estimate of drug-likeness (QED) is 0.541. The van der Waals surface area contributed by atoms with Crippen LogP contribution in [0.15, 0.2) is 0 Å². The molecule has 1 heterocycles. The Morgan fingerprint density at radius 1 is 1.30 bits per heavy atom. The summed E-state index contributed by atoms with van der Waals surface area (Å²) in [5.74, 6) is 3.39. The number of Topliss-reactive ketones (excluding diaryl/α,β-unsaturated/α-hetero) is 1. The van der Waals surface area contributed by atoms with Gasteiger partial charge in [-0.3, -0.25) is 4.79 Å². The molecule has 0 aromatic carbocycles. The monoisotopic (exact) mass is 326 g/mol. The van der Waals surface area contributed by atoms with E-state index < -0.39 is 10.1 Å².